The van der Waals surface area contributed by atoms with Crippen molar-refractivity contribution in [1.29, 1.82) is 0 Å². The first kappa shape index (κ1) is 12.6. The second kappa shape index (κ2) is 5.65. The fourth-order valence-electron chi connectivity index (χ4n) is 1.84. The zero-order chi connectivity index (χ0) is 13.0. The van der Waals surface area contributed by atoms with Crippen LogP contribution in [0.15, 0.2) is 42.5 Å². The van der Waals surface area contributed by atoms with Gasteiger partial charge in [-0.05, 0) is 25.0 Å². The molecule has 3 nitrogen and oxygen atoms in total. The van der Waals surface area contributed by atoms with E-state index in [1.54, 1.807) is 0 Å². The summed E-state index contributed by atoms with van der Waals surface area (Å²) in [6.45, 7) is 4.44. The molecule has 0 amide bonds. The molecule has 1 aromatic carbocycles. The lowest BCUT2D eigenvalue weighted by atomic mass is 10.1. The van der Waals surface area contributed by atoms with Gasteiger partial charge in [-0.1, -0.05) is 36.4 Å². The Morgan fingerprint density at radius 2 is 1.89 bits per heavy atom. The Morgan fingerprint density at radius 1 is 1.17 bits per heavy atom. The summed E-state index contributed by atoms with van der Waals surface area (Å²) in [5.41, 5.74) is 8.97. The van der Waals surface area contributed by atoms with E-state index in [0.717, 1.165) is 16.8 Å². The molecule has 1 heterocycles. The van der Waals surface area contributed by atoms with Gasteiger partial charge in [0.15, 0.2) is 0 Å². The average Bonchev–Trinajstić information content (AvgIpc) is 2.37. The molecule has 0 aliphatic rings. The summed E-state index contributed by atoms with van der Waals surface area (Å²) in [6, 6.07) is 13.9. The van der Waals surface area contributed by atoms with E-state index in [0.29, 0.717) is 12.5 Å². The predicted octanol–water partition coefficient (Wildman–Crippen LogP) is 2.99. The van der Waals surface area contributed by atoms with E-state index in [2.05, 4.69) is 4.98 Å². The van der Waals surface area contributed by atoms with Crippen LogP contribution in [0.5, 0.6) is 5.88 Å². The van der Waals surface area contributed by atoms with E-state index in [4.69, 9.17) is 10.5 Å². The third-order valence-electron chi connectivity index (χ3n) is 2.82. The Bertz CT molecular complexity index is 509. The number of nitrogens with zero attached hydrogens (tertiary/aromatic N) is 1. The highest BCUT2D eigenvalue weighted by Crippen LogP contribution is 2.18. The quantitative estimate of drug-likeness (QED) is 0.896. The molecule has 0 fully saturated rings. The fourth-order valence-corrected chi connectivity index (χ4v) is 1.84. The van der Waals surface area contributed by atoms with Crippen LogP contribution in [0.3, 0.4) is 0 Å². The Balaban J connectivity index is 2.05. The van der Waals surface area contributed by atoms with E-state index in [1.165, 1.54) is 0 Å². The van der Waals surface area contributed by atoms with Crippen molar-refractivity contribution >= 4 is 0 Å². The second-order valence-electron chi connectivity index (χ2n) is 4.39. The normalized spacial score (nSPS) is 12.2. The van der Waals surface area contributed by atoms with Crippen LogP contribution < -0.4 is 10.5 Å². The first-order chi connectivity index (χ1) is 8.66. The Kier molecular flexibility index (Phi) is 3.95. The molecular weight excluding hydrogens is 224 g/mol. The highest BCUT2D eigenvalue weighted by Gasteiger charge is 2.06. The maximum absolute atomic E-state index is 5.85. The van der Waals surface area contributed by atoms with Gasteiger partial charge in [0.25, 0.3) is 0 Å². The summed E-state index contributed by atoms with van der Waals surface area (Å²) < 4.78 is 5.66. The summed E-state index contributed by atoms with van der Waals surface area (Å²) >= 11 is 0. The molecule has 1 atom stereocenters. The van der Waals surface area contributed by atoms with Gasteiger partial charge in [-0.15, -0.1) is 0 Å². The summed E-state index contributed by atoms with van der Waals surface area (Å²) in [5, 5.41) is 0. The van der Waals surface area contributed by atoms with Crippen molar-refractivity contribution in [3.63, 3.8) is 0 Å². The van der Waals surface area contributed by atoms with Gasteiger partial charge < -0.3 is 10.5 Å². The molecule has 2 aromatic rings. The van der Waals surface area contributed by atoms with Gasteiger partial charge in [0.05, 0.1) is 0 Å². The van der Waals surface area contributed by atoms with Crippen LogP contribution in [0, 0.1) is 6.92 Å². The molecule has 18 heavy (non-hydrogen) atoms. The Hall–Kier alpha value is -1.87. The van der Waals surface area contributed by atoms with Crippen molar-refractivity contribution in [2.24, 2.45) is 5.73 Å². The van der Waals surface area contributed by atoms with Gasteiger partial charge in [-0.3, -0.25) is 0 Å². The molecule has 3 heteroatoms. The minimum absolute atomic E-state index is 0.000623. The van der Waals surface area contributed by atoms with E-state index >= 15 is 0 Å². The molecule has 94 valence electrons. The van der Waals surface area contributed by atoms with Crippen LogP contribution in [-0.2, 0) is 6.61 Å². The lowest BCUT2D eigenvalue weighted by Crippen LogP contribution is -2.08. The van der Waals surface area contributed by atoms with E-state index < -0.39 is 0 Å². The van der Waals surface area contributed by atoms with Gasteiger partial charge >= 0.3 is 0 Å². The third kappa shape index (κ3) is 3.08. The van der Waals surface area contributed by atoms with Crippen molar-refractivity contribution in [3.8, 4) is 5.88 Å². The van der Waals surface area contributed by atoms with Crippen molar-refractivity contribution in [2.45, 2.75) is 26.5 Å². The minimum atomic E-state index is 0.000623. The van der Waals surface area contributed by atoms with Gasteiger partial charge in [0.1, 0.15) is 6.61 Å². The molecule has 0 unspecified atom stereocenters. The number of nitrogens with two attached hydrogens (primary N) is 1. The van der Waals surface area contributed by atoms with Crippen LogP contribution >= 0.6 is 0 Å². The average molecular weight is 242 g/mol. The number of ether oxygens (including phenoxy) is 1. The fraction of sp³-hybridized carbons (Fsp3) is 0.267. The van der Waals surface area contributed by atoms with Crippen LogP contribution in [0.2, 0.25) is 0 Å². The number of hydrogen-bond acceptors (Lipinski definition) is 3. The molecule has 0 aliphatic carbocycles. The van der Waals surface area contributed by atoms with E-state index in [1.807, 2.05) is 56.3 Å². The number of hydrogen-bond donors (Lipinski definition) is 1. The topological polar surface area (TPSA) is 48.1 Å². The second-order valence-corrected chi connectivity index (χ2v) is 4.39. The highest BCUT2D eigenvalue weighted by atomic mass is 16.5. The molecule has 1 aromatic heterocycles. The summed E-state index contributed by atoms with van der Waals surface area (Å²) in [6.07, 6.45) is 0. The molecule has 0 bridgehead atoms. The largest absolute Gasteiger partial charge is 0.473 e. The number of rotatable bonds is 4. The predicted molar refractivity (Wildman–Crippen MR) is 72.4 cm³/mol. The standard InChI is InChI=1S/C15H18N2O/c1-11(16)14-8-9-15(17-12(14)2)18-10-13-6-4-3-5-7-13/h3-9,11H,10,16H2,1-2H3/t11-/m1/s1. The molecule has 0 saturated carbocycles. The molecule has 0 aliphatic heterocycles. The van der Waals surface area contributed by atoms with Gasteiger partial charge in [0, 0.05) is 17.8 Å². The highest BCUT2D eigenvalue weighted by molar-refractivity contribution is 5.27. The first-order valence-corrected chi connectivity index (χ1v) is 6.06. The lowest BCUT2D eigenvalue weighted by molar-refractivity contribution is 0.293. The number of benzene rings is 1. The van der Waals surface area contributed by atoms with E-state index in [9.17, 15) is 0 Å². The van der Waals surface area contributed by atoms with Gasteiger partial charge in [0.2, 0.25) is 5.88 Å². The number of aryl methyl sites for hydroxylation is 1. The monoisotopic (exact) mass is 242 g/mol. The smallest absolute Gasteiger partial charge is 0.213 e. The SMILES string of the molecule is Cc1nc(OCc2ccccc2)ccc1[C@@H](C)N. The molecule has 2 rings (SSSR count). The van der Waals surface area contributed by atoms with Crippen molar-refractivity contribution in [3.05, 3.63) is 59.3 Å². The molecular formula is C15H18N2O. The van der Waals surface area contributed by atoms with Crippen LogP contribution in [0.1, 0.15) is 29.8 Å². The molecule has 0 spiro atoms. The Labute approximate surface area is 108 Å². The molecule has 0 radical (unpaired) electrons. The summed E-state index contributed by atoms with van der Waals surface area (Å²) in [7, 11) is 0. The Morgan fingerprint density at radius 3 is 2.50 bits per heavy atom. The van der Waals surface area contributed by atoms with Crippen molar-refractivity contribution < 1.29 is 4.74 Å². The zero-order valence-corrected chi connectivity index (χ0v) is 10.8. The lowest BCUT2D eigenvalue weighted by Gasteiger charge is -2.11. The van der Waals surface area contributed by atoms with Crippen LogP contribution in [0.25, 0.3) is 0 Å². The third-order valence-corrected chi connectivity index (χ3v) is 2.82. The number of pyridine rings is 1. The molecule has 0 saturated heterocycles. The zero-order valence-electron chi connectivity index (χ0n) is 10.8. The minimum Gasteiger partial charge on any atom is -0.473 e. The van der Waals surface area contributed by atoms with Crippen LogP contribution in [-0.4, -0.2) is 4.98 Å². The van der Waals surface area contributed by atoms with Gasteiger partial charge in [-0.2, -0.15) is 0 Å². The van der Waals surface area contributed by atoms with Crippen molar-refractivity contribution in [1.82, 2.24) is 4.98 Å². The first-order valence-electron chi connectivity index (χ1n) is 6.06. The maximum Gasteiger partial charge on any atom is 0.213 e. The van der Waals surface area contributed by atoms with Gasteiger partial charge in [-0.25, -0.2) is 4.98 Å². The van der Waals surface area contributed by atoms with Crippen LogP contribution in [0.4, 0.5) is 0 Å². The van der Waals surface area contributed by atoms with Crippen molar-refractivity contribution in [2.75, 3.05) is 0 Å². The summed E-state index contributed by atoms with van der Waals surface area (Å²) in [5.74, 6) is 0.640. The summed E-state index contributed by atoms with van der Waals surface area (Å²) in [4.78, 5) is 4.41. The maximum atomic E-state index is 5.85. The number of aromatic nitrogens is 1. The molecule has 2 N–H and O–H groups in total. The van der Waals surface area contributed by atoms with E-state index in [-0.39, 0.29) is 6.04 Å².